The monoisotopic (exact) mass is 399 g/mol. The number of aryl methyl sites for hydroxylation is 1. The molecule has 29 heavy (non-hydrogen) atoms. The molecule has 1 heterocycles. The third-order valence-electron chi connectivity index (χ3n) is 4.19. The zero-order valence-corrected chi connectivity index (χ0v) is 15.3. The molecule has 2 amide bonds. The van der Waals surface area contributed by atoms with E-state index in [1.165, 1.54) is 18.5 Å². The van der Waals surface area contributed by atoms with Crippen LogP contribution in [0.2, 0.25) is 0 Å². The van der Waals surface area contributed by atoms with Gasteiger partial charge in [0.1, 0.15) is 0 Å². The molecule has 0 unspecified atom stereocenters. The number of aromatic nitrogens is 1. The second-order valence-corrected chi connectivity index (χ2v) is 6.10. The third kappa shape index (κ3) is 4.43. The lowest BCUT2D eigenvalue weighted by Crippen LogP contribution is -2.17. The molecular formula is C21H16F3N3O2. The molecule has 0 bridgehead atoms. The van der Waals surface area contributed by atoms with Crippen LogP contribution < -0.4 is 10.6 Å². The third-order valence-corrected chi connectivity index (χ3v) is 4.19. The summed E-state index contributed by atoms with van der Waals surface area (Å²) in [6, 6.07) is 10.1. The number of carbonyl (C=O) groups is 2. The second kappa shape index (κ2) is 8.55. The fourth-order valence-corrected chi connectivity index (χ4v) is 2.65. The Balaban J connectivity index is 1.79. The van der Waals surface area contributed by atoms with Crippen LogP contribution in [0.3, 0.4) is 0 Å². The number of nitrogens with zero attached hydrogens (tertiary/aromatic N) is 1. The Hall–Kier alpha value is -3.68. The molecule has 0 aliphatic carbocycles. The molecule has 0 aliphatic rings. The fourth-order valence-electron chi connectivity index (χ4n) is 2.65. The quantitative estimate of drug-likeness (QED) is 0.618. The predicted octanol–water partition coefficient (Wildman–Crippen LogP) is 4.57. The van der Waals surface area contributed by atoms with E-state index in [2.05, 4.69) is 15.6 Å². The first-order valence-electron chi connectivity index (χ1n) is 8.69. The summed E-state index contributed by atoms with van der Waals surface area (Å²) in [7, 11) is 0. The van der Waals surface area contributed by atoms with Crippen molar-refractivity contribution in [1.82, 2.24) is 4.98 Å². The van der Waals surface area contributed by atoms with Crippen LogP contribution in [0.5, 0.6) is 0 Å². The van der Waals surface area contributed by atoms with Crippen molar-refractivity contribution >= 4 is 23.2 Å². The Morgan fingerprint density at radius 2 is 1.48 bits per heavy atom. The molecule has 0 saturated carbocycles. The van der Waals surface area contributed by atoms with Crippen molar-refractivity contribution in [3.63, 3.8) is 0 Å². The Kier molecular flexibility index (Phi) is 5.92. The smallest absolute Gasteiger partial charge is 0.257 e. The van der Waals surface area contributed by atoms with Gasteiger partial charge in [0.2, 0.25) is 0 Å². The highest BCUT2D eigenvalue weighted by molar-refractivity contribution is 6.08. The lowest BCUT2D eigenvalue weighted by atomic mass is 10.1. The van der Waals surface area contributed by atoms with Gasteiger partial charge in [-0.05, 0) is 36.2 Å². The normalized spacial score (nSPS) is 10.5. The van der Waals surface area contributed by atoms with Crippen LogP contribution >= 0.6 is 0 Å². The minimum Gasteiger partial charge on any atom is -0.322 e. The van der Waals surface area contributed by atoms with Crippen molar-refractivity contribution in [2.24, 2.45) is 0 Å². The van der Waals surface area contributed by atoms with E-state index in [1.54, 1.807) is 12.1 Å². The summed E-state index contributed by atoms with van der Waals surface area (Å²) in [5, 5.41) is 4.89. The van der Waals surface area contributed by atoms with E-state index in [0.29, 0.717) is 11.8 Å². The zero-order chi connectivity index (χ0) is 21.0. The number of carbonyl (C=O) groups excluding carboxylic acids is 2. The molecule has 2 aromatic carbocycles. The van der Waals surface area contributed by atoms with Gasteiger partial charge in [-0.2, -0.15) is 0 Å². The van der Waals surface area contributed by atoms with Crippen LogP contribution in [-0.4, -0.2) is 16.8 Å². The lowest BCUT2D eigenvalue weighted by Gasteiger charge is -2.11. The number of benzene rings is 2. The molecule has 5 nitrogen and oxygen atoms in total. The van der Waals surface area contributed by atoms with Crippen molar-refractivity contribution in [1.29, 1.82) is 0 Å². The molecule has 3 rings (SSSR count). The molecular weight excluding hydrogens is 383 g/mol. The van der Waals surface area contributed by atoms with Gasteiger partial charge in [-0.25, -0.2) is 13.2 Å². The number of anilines is 2. The maximum atomic E-state index is 13.8. The molecule has 148 valence electrons. The van der Waals surface area contributed by atoms with E-state index in [9.17, 15) is 22.8 Å². The summed E-state index contributed by atoms with van der Waals surface area (Å²) in [5.41, 5.74) is 1.11. The maximum Gasteiger partial charge on any atom is 0.257 e. The van der Waals surface area contributed by atoms with Crippen LogP contribution in [0.4, 0.5) is 24.5 Å². The van der Waals surface area contributed by atoms with Crippen LogP contribution in [0.25, 0.3) is 0 Å². The molecule has 0 radical (unpaired) electrons. The first-order chi connectivity index (χ1) is 13.9. The van der Waals surface area contributed by atoms with E-state index in [1.807, 2.05) is 19.1 Å². The number of nitrogens with one attached hydrogen (secondary N) is 2. The fraction of sp³-hybridized carbons (Fsp3) is 0.0952. The standard InChI is InChI=1S/C21H16F3N3O2/c1-2-12-5-3-4-6-16(12)26-20(28)13-9-14(11-25-10-13)21(29)27-17-8-7-15(22)18(23)19(17)24/h3-11H,2H2,1H3,(H,26,28)(H,27,29). The highest BCUT2D eigenvalue weighted by atomic mass is 19.2. The van der Waals surface area contributed by atoms with Crippen molar-refractivity contribution in [2.45, 2.75) is 13.3 Å². The van der Waals surface area contributed by atoms with E-state index < -0.39 is 35.0 Å². The van der Waals surface area contributed by atoms with Crippen molar-refractivity contribution in [3.8, 4) is 0 Å². The van der Waals surface area contributed by atoms with Crippen molar-refractivity contribution < 1.29 is 22.8 Å². The summed E-state index contributed by atoms with van der Waals surface area (Å²) in [6.07, 6.45) is 3.17. The van der Waals surface area contributed by atoms with Crippen LogP contribution in [-0.2, 0) is 6.42 Å². The van der Waals surface area contributed by atoms with Gasteiger partial charge in [-0.1, -0.05) is 25.1 Å². The Bertz CT molecular complexity index is 1090. The van der Waals surface area contributed by atoms with E-state index in [0.717, 1.165) is 18.1 Å². The molecule has 0 spiro atoms. The number of halogens is 3. The Labute approximate surface area is 164 Å². The Morgan fingerprint density at radius 3 is 2.14 bits per heavy atom. The van der Waals surface area contributed by atoms with Gasteiger partial charge in [-0.3, -0.25) is 14.6 Å². The van der Waals surface area contributed by atoms with Crippen molar-refractivity contribution in [2.75, 3.05) is 10.6 Å². The maximum absolute atomic E-state index is 13.8. The molecule has 8 heteroatoms. The average Bonchev–Trinajstić information content (AvgIpc) is 2.74. The van der Waals surface area contributed by atoms with Crippen LogP contribution in [0.15, 0.2) is 54.9 Å². The van der Waals surface area contributed by atoms with E-state index >= 15 is 0 Å². The van der Waals surface area contributed by atoms with Crippen LogP contribution in [0.1, 0.15) is 33.2 Å². The molecule has 3 aromatic rings. The molecule has 0 saturated heterocycles. The number of amides is 2. The van der Waals surface area contributed by atoms with E-state index in [-0.39, 0.29) is 11.1 Å². The molecule has 0 aliphatic heterocycles. The summed E-state index contributed by atoms with van der Waals surface area (Å²) < 4.78 is 40.1. The first kappa shape index (κ1) is 20.1. The average molecular weight is 399 g/mol. The number of hydrogen-bond donors (Lipinski definition) is 2. The Morgan fingerprint density at radius 1 is 0.862 bits per heavy atom. The molecule has 0 atom stereocenters. The number of rotatable bonds is 5. The summed E-state index contributed by atoms with van der Waals surface area (Å²) >= 11 is 0. The summed E-state index contributed by atoms with van der Waals surface area (Å²) in [4.78, 5) is 28.7. The van der Waals surface area contributed by atoms with Crippen LogP contribution in [0, 0.1) is 17.5 Å². The number of hydrogen-bond acceptors (Lipinski definition) is 3. The van der Waals surface area contributed by atoms with Gasteiger partial charge < -0.3 is 10.6 Å². The largest absolute Gasteiger partial charge is 0.322 e. The first-order valence-corrected chi connectivity index (χ1v) is 8.69. The zero-order valence-electron chi connectivity index (χ0n) is 15.3. The van der Waals surface area contributed by atoms with Gasteiger partial charge in [-0.15, -0.1) is 0 Å². The second-order valence-electron chi connectivity index (χ2n) is 6.10. The molecule has 0 fully saturated rings. The molecule has 2 N–H and O–H groups in total. The SMILES string of the molecule is CCc1ccccc1NC(=O)c1cncc(C(=O)Nc2ccc(F)c(F)c2F)c1. The topological polar surface area (TPSA) is 71.1 Å². The number of para-hydroxylation sites is 1. The minimum atomic E-state index is -1.69. The van der Waals surface area contributed by atoms with Gasteiger partial charge in [0.15, 0.2) is 17.5 Å². The highest BCUT2D eigenvalue weighted by Crippen LogP contribution is 2.21. The highest BCUT2D eigenvalue weighted by Gasteiger charge is 2.17. The number of pyridine rings is 1. The van der Waals surface area contributed by atoms with Crippen molar-refractivity contribution in [3.05, 3.63) is 89.0 Å². The van der Waals surface area contributed by atoms with Gasteiger partial charge in [0.05, 0.1) is 16.8 Å². The predicted molar refractivity (Wildman–Crippen MR) is 102 cm³/mol. The summed E-state index contributed by atoms with van der Waals surface area (Å²) in [6.45, 7) is 1.95. The van der Waals surface area contributed by atoms with E-state index in [4.69, 9.17) is 0 Å². The summed E-state index contributed by atoms with van der Waals surface area (Å²) in [5.74, 6) is -5.88. The van der Waals surface area contributed by atoms with Gasteiger partial charge >= 0.3 is 0 Å². The molecule has 1 aromatic heterocycles. The lowest BCUT2D eigenvalue weighted by molar-refractivity contribution is 0.102. The van der Waals surface area contributed by atoms with Gasteiger partial charge in [0.25, 0.3) is 11.8 Å². The minimum absolute atomic E-state index is 0.0504. The van der Waals surface area contributed by atoms with Gasteiger partial charge in [0, 0.05) is 18.1 Å².